The molecule has 0 unspecified atom stereocenters. The van der Waals surface area contributed by atoms with Gasteiger partial charge in [0, 0.05) is 16.9 Å². The van der Waals surface area contributed by atoms with Crippen LogP contribution in [0, 0.1) is 23.0 Å². The summed E-state index contributed by atoms with van der Waals surface area (Å²) in [6.07, 6.45) is 2.93. The highest BCUT2D eigenvalue weighted by atomic mass is 79.9. The number of benzene rings is 1. The van der Waals surface area contributed by atoms with Crippen LogP contribution in [0.2, 0.25) is 0 Å². The number of nitrogens with zero attached hydrogens (tertiary/aromatic N) is 2. The van der Waals surface area contributed by atoms with Crippen LogP contribution in [0.15, 0.2) is 41.1 Å². The second kappa shape index (κ2) is 6.12. The van der Waals surface area contributed by atoms with Gasteiger partial charge >= 0.3 is 0 Å². The number of hydrogen-bond donors (Lipinski definition) is 0. The Kier molecular flexibility index (Phi) is 4.48. The summed E-state index contributed by atoms with van der Waals surface area (Å²) in [7, 11) is 0. The summed E-state index contributed by atoms with van der Waals surface area (Å²) in [4.78, 5) is 3.81. The highest BCUT2D eigenvalue weighted by Gasteiger charge is 2.18. The number of pyridine rings is 1. The fourth-order valence-corrected chi connectivity index (χ4v) is 2.37. The maximum atomic E-state index is 13.9. The van der Waals surface area contributed by atoms with Crippen molar-refractivity contribution in [2.75, 3.05) is 0 Å². The SMILES string of the molecule is N#C/C(=C(\Cl)c1c(F)cc(Br)cc1F)c1ccncc1. The molecule has 0 amide bonds. The van der Waals surface area contributed by atoms with Gasteiger partial charge in [0.15, 0.2) is 0 Å². The van der Waals surface area contributed by atoms with Crippen LogP contribution in [-0.4, -0.2) is 4.98 Å². The average Bonchev–Trinajstić information content (AvgIpc) is 2.39. The van der Waals surface area contributed by atoms with Crippen LogP contribution in [0.5, 0.6) is 0 Å². The Hall–Kier alpha value is -1.77. The summed E-state index contributed by atoms with van der Waals surface area (Å²) in [5.74, 6) is -1.69. The summed E-state index contributed by atoms with van der Waals surface area (Å²) < 4.78 is 28.0. The van der Waals surface area contributed by atoms with Crippen molar-refractivity contribution in [1.29, 1.82) is 5.26 Å². The van der Waals surface area contributed by atoms with E-state index in [9.17, 15) is 14.0 Å². The molecule has 0 aliphatic heterocycles. The molecule has 0 radical (unpaired) electrons. The van der Waals surface area contributed by atoms with E-state index in [2.05, 4.69) is 20.9 Å². The van der Waals surface area contributed by atoms with Gasteiger partial charge in [-0.2, -0.15) is 5.26 Å². The van der Waals surface area contributed by atoms with Crippen molar-refractivity contribution in [3.8, 4) is 6.07 Å². The third-order valence-electron chi connectivity index (χ3n) is 2.53. The van der Waals surface area contributed by atoms with E-state index >= 15 is 0 Å². The molecule has 100 valence electrons. The van der Waals surface area contributed by atoms with Crippen LogP contribution in [0.4, 0.5) is 8.78 Å². The maximum Gasteiger partial charge on any atom is 0.136 e. The lowest BCUT2D eigenvalue weighted by Crippen LogP contribution is -1.95. The highest BCUT2D eigenvalue weighted by Crippen LogP contribution is 2.33. The van der Waals surface area contributed by atoms with Gasteiger partial charge in [-0.25, -0.2) is 8.78 Å². The minimum atomic E-state index is -0.844. The molecular weight excluding hydrogens is 350 g/mol. The molecule has 1 aromatic carbocycles. The predicted octanol–water partition coefficient (Wildman–Crippen LogP) is 4.75. The van der Waals surface area contributed by atoms with Gasteiger partial charge in [-0.1, -0.05) is 27.5 Å². The van der Waals surface area contributed by atoms with Crippen LogP contribution >= 0.6 is 27.5 Å². The molecule has 0 saturated heterocycles. The van der Waals surface area contributed by atoms with E-state index in [0.29, 0.717) is 5.56 Å². The second-order valence-electron chi connectivity index (χ2n) is 3.78. The molecule has 0 spiro atoms. The van der Waals surface area contributed by atoms with Crippen molar-refractivity contribution in [3.63, 3.8) is 0 Å². The largest absolute Gasteiger partial charge is 0.265 e. The van der Waals surface area contributed by atoms with E-state index in [4.69, 9.17) is 11.6 Å². The Bertz CT molecular complexity index is 701. The van der Waals surface area contributed by atoms with Gasteiger partial charge in [-0.3, -0.25) is 4.98 Å². The Morgan fingerprint density at radius 2 is 1.75 bits per heavy atom. The number of aromatic nitrogens is 1. The zero-order valence-corrected chi connectivity index (χ0v) is 12.2. The predicted molar refractivity (Wildman–Crippen MR) is 76.6 cm³/mol. The zero-order valence-electron chi connectivity index (χ0n) is 9.87. The van der Waals surface area contributed by atoms with Gasteiger partial charge in [0.05, 0.1) is 16.2 Å². The molecule has 0 atom stereocenters. The second-order valence-corrected chi connectivity index (χ2v) is 5.07. The van der Waals surface area contributed by atoms with Gasteiger partial charge in [0.1, 0.15) is 17.7 Å². The number of halogens is 4. The molecule has 1 aromatic heterocycles. The Morgan fingerprint density at radius 3 is 2.25 bits per heavy atom. The smallest absolute Gasteiger partial charge is 0.136 e. The van der Waals surface area contributed by atoms with Gasteiger partial charge in [0.25, 0.3) is 0 Å². The minimum absolute atomic E-state index is 0.0193. The summed E-state index contributed by atoms with van der Waals surface area (Å²) in [5.41, 5.74) is -0.00774. The fraction of sp³-hybridized carbons (Fsp3) is 0. The van der Waals surface area contributed by atoms with Crippen LogP contribution in [-0.2, 0) is 0 Å². The van der Waals surface area contributed by atoms with Gasteiger partial charge in [-0.15, -0.1) is 0 Å². The molecule has 0 N–H and O–H groups in total. The molecule has 1 heterocycles. The van der Waals surface area contributed by atoms with E-state index in [1.807, 2.05) is 6.07 Å². The third-order valence-corrected chi connectivity index (χ3v) is 3.36. The van der Waals surface area contributed by atoms with Crippen molar-refractivity contribution in [2.24, 2.45) is 0 Å². The normalized spacial score (nSPS) is 11.8. The standard InChI is InChI=1S/C14H6BrClF2N2/c15-9-5-11(17)13(12(18)6-9)14(16)10(7-19)8-1-3-20-4-2-8/h1-6H/b14-10+. The van der Waals surface area contributed by atoms with Gasteiger partial charge in [-0.05, 0) is 29.8 Å². The molecule has 2 nitrogen and oxygen atoms in total. The van der Waals surface area contributed by atoms with Crippen molar-refractivity contribution >= 4 is 38.1 Å². The van der Waals surface area contributed by atoms with E-state index < -0.39 is 17.2 Å². The lowest BCUT2D eigenvalue weighted by atomic mass is 10.0. The molecule has 0 bridgehead atoms. The highest BCUT2D eigenvalue weighted by molar-refractivity contribution is 9.10. The molecule has 0 aliphatic rings. The molecule has 0 fully saturated rings. The topological polar surface area (TPSA) is 36.7 Å². The number of hydrogen-bond acceptors (Lipinski definition) is 2. The van der Waals surface area contributed by atoms with Crippen molar-refractivity contribution in [3.05, 3.63) is 63.9 Å². The van der Waals surface area contributed by atoms with E-state index in [1.54, 1.807) is 0 Å². The number of nitriles is 1. The first-order chi connectivity index (χ1) is 9.54. The van der Waals surface area contributed by atoms with Crippen LogP contribution in [0.1, 0.15) is 11.1 Å². The first-order valence-corrected chi connectivity index (χ1v) is 6.57. The van der Waals surface area contributed by atoms with Crippen molar-refractivity contribution in [1.82, 2.24) is 4.98 Å². The molecule has 2 aromatic rings. The van der Waals surface area contributed by atoms with Crippen LogP contribution in [0.25, 0.3) is 10.6 Å². The van der Waals surface area contributed by atoms with E-state index in [0.717, 1.165) is 12.1 Å². The lowest BCUT2D eigenvalue weighted by Gasteiger charge is -2.07. The molecular formula is C14H6BrClF2N2. The summed E-state index contributed by atoms with van der Waals surface area (Å²) in [5, 5.41) is 8.90. The average molecular weight is 356 g/mol. The summed E-state index contributed by atoms with van der Waals surface area (Å²) in [6, 6.07) is 7.11. The maximum absolute atomic E-state index is 13.9. The zero-order chi connectivity index (χ0) is 14.7. The third kappa shape index (κ3) is 2.87. The first kappa shape index (κ1) is 14.6. The fourth-order valence-electron chi connectivity index (χ4n) is 1.64. The first-order valence-electron chi connectivity index (χ1n) is 5.39. The lowest BCUT2D eigenvalue weighted by molar-refractivity contribution is 0.577. The van der Waals surface area contributed by atoms with Gasteiger partial charge < -0.3 is 0 Å². The minimum Gasteiger partial charge on any atom is -0.265 e. The Labute approximate surface area is 127 Å². The van der Waals surface area contributed by atoms with Gasteiger partial charge in [0.2, 0.25) is 0 Å². The number of allylic oxidation sites excluding steroid dienone is 1. The quantitative estimate of drug-likeness (QED) is 0.729. The summed E-state index contributed by atoms with van der Waals surface area (Å²) >= 11 is 8.99. The Balaban J connectivity index is 2.68. The van der Waals surface area contributed by atoms with E-state index in [-0.39, 0.29) is 15.1 Å². The molecule has 0 saturated carbocycles. The molecule has 20 heavy (non-hydrogen) atoms. The van der Waals surface area contributed by atoms with Crippen LogP contribution in [0.3, 0.4) is 0 Å². The monoisotopic (exact) mass is 354 g/mol. The number of rotatable bonds is 2. The molecule has 0 aliphatic carbocycles. The molecule has 2 rings (SSSR count). The van der Waals surface area contributed by atoms with Crippen molar-refractivity contribution in [2.45, 2.75) is 0 Å². The van der Waals surface area contributed by atoms with Crippen LogP contribution < -0.4 is 0 Å². The molecule has 6 heteroatoms. The summed E-state index contributed by atoms with van der Waals surface area (Å²) in [6.45, 7) is 0. The Morgan fingerprint density at radius 1 is 1.20 bits per heavy atom. The van der Waals surface area contributed by atoms with E-state index in [1.165, 1.54) is 24.5 Å². The van der Waals surface area contributed by atoms with Crippen molar-refractivity contribution < 1.29 is 8.78 Å².